The summed E-state index contributed by atoms with van der Waals surface area (Å²) in [6.45, 7) is 3.29. The number of benzene rings is 1. The third-order valence-electron chi connectivity index (χ3n) is 3.89. The van der Waals surface area contributed by atoms with Gasteiger partial charge in [0.25, 0.3) is 0 Å². The maximum atomic E-state index is 4.34. The van der Waals surface area contributed by atoms with Gasteiger partial charge in [-0.3, -0.25) is 9.88 Å². The van der Waals surface area contributed by atoms with Crippen molar-refractivity contribution in [1.82, 2.24) is 9.88 Å². The first-order chi connectivity index (χ1) is 8.25. The second-order valence-electron chi connectivity index (χ2n) is 5.02. The second-order valence-corrected chi connectivity index (χ2v) is 5.02. The predicted molar refractivity (Wildman–Crippen MR) is 71.1 cm³/mol. The van der Waals surface area contributed by atoms with E-state index in [4.69, 9.17) is 0 Å². The maximum absolute atomic E-state index is 4.34. The lowest BCUT2D eigenvalue weighted by Crippen LogP contribution is -2.17. The first-order valence-electron chi connectivity index (χ1n) is 6.31. The number of likely N-dealkylation sites (tertiary alicyclic amines) is 1. The van der Waals surface area contributed by atoms with E-state index in [2.05, 4.69) is 48.1 Å². The van der Waals surface area contributed by atoms with E-state index < -0.39 is 0 Å². The number of nitrogens with zero attached hydrogens (tertiary/aromatic N) is 2. The van der Waals surface area contributed by atoms with Crippen molar-refractivity contribution in [2.45, 2.75) is 25.8 Å². The molecule has 3 rings (SSSR count). The molecule has 0 bridgehead atoms. The Balaban J connectivity index is 2.07. The van der Waals surface area contributed by atoms with Gasteiger partial charge in [-0.25, -0.2) is 0 Å². The molecule has 0 spiro atoms. The molecular formula is C15H18N2. The Morgan fingerprint density at radius 2 is 2.18 bits per heavy atom. The Kier molecular flexibility index (Phi) is 2.60. The van der Waals surface area contributed by atoms with E-state index in [0.29, 0.717) is 6.04 Å². The van der Waals surface area contributed by atoms with Crippen LogP contribution in [0.25, 0.3) is 10.8 Å². The average molecular weight is 226 g/mol. The van der Waals surface area contributed by atoms with Gasteiger partial charge in [-0.05, 0) is 56.4 Å². The number of hydrogen-bond donors (Lipinski definition) is 0. The van der Waals surface area contributed by atoms with E-state index >= 15 is 0 Å². The van der Waals surface area contributed by atoms with Gasteiger partial charge in [0.2, 0.25) is 0 Å². The summed E-state index contributed by atoms with van der Waals surface area (Å²) in [5.41, 5.74) is 2.57. The Bertz CT molecular complexity index is 548. The lowest BCUT2D eigenvalue weighted by Gasteiger charge is -2.20. The van der Waals surface area contributed by atoms with Crippen LogP contribution in [0.4, 0.5) is 0 Å². The zero-order valence-corrected chi connectivity index (χ0v) is 10.5. The van der Waals surface area contributed by atoms with E-state index in [0.717, 1.165) is 5.69 Å². The van der Waals surface area contributed by atoms with Crippen molar-refractivity contribution in [1.29, 1.82) is 0 Å². The zero-order valence-electron chi connectivity index (χ0n) is 10.5. The summed E-state index contributed by atoms with van der Waals surface area (Å²) >= 11 is 0. The van der Waals surface area contributed by atoms with Crippen molar-refractivity contribution in [2.75, 3.05) is 13.6 Å². The third kappa shape index (κ3) is 1.83. The number of fused-ring (bicyclic) bond motifs is 1. The van der Waals surface area contributed by atoms with Crippen molar-refractivity contribution in [3.05, 3.63) is 41.7 Å². The fourth-order valence-electron chi connectivity index (χ4n) is 2.89. The van der Waals surface area contributed by atoms with Crippen LogP contribution in [0, 0.1) is 6.92 Å². The largest absolute Gasteiger partial charge is 0.299 e. The molecule has 1 aromatic heterocycles. The van der Waals surface area contributed by atoms with Crippen LogP contribution in [0.15, 0.2) is 30.5 Å². The van der Waals surface area contributed by atoms with Crippen LogP contribution in [0.5, 0.6) is 0 Å². The van der Waals surface area contributed by atoms with Crippen LogP contribution in [0.3, 0.4) is 0 Å². The molecule has 1 aliphatic heterocycles. The highest BCUT2D eigenvalue weighted by Gasteiger charge is 2.22. The van der Waals surface area contributed by atoms with E-state index in [1.807, 2.05) is 6.20 Å². The monoisotopic (exact) mass is 226 g/mol. The van der Waals surface area contributed by atoms with Crippen molar-refractivity contribution in [2.24, 2.45) is 0 Å². The van der Waals surface area contributed by atoms with Gasteiger partial charge in [-0.15, -0.1) is 0 Å². The van der Waals surface area contributed by atoms with Gasteiger partial charge < -0.3 is 0 Å². The van der Waals surface area contributed by atoms with E-state index in [1.54, 1.807) is 0 Å². The molecule has 0 radical (unpaired) electrons. The molecule has 0 amide bonds. The normalized spacial score (nSPS) is 21.2. The van der Waals surface area contributed by atoms with Gasteiger partial charge in [0.15, 0.2) is 0 Å². The molecule has 1 atom stereocenters. The summed E-state index contributed by atoms with van der Waals surface area (Å²) in [5, 5.41) is 2.59. The third-order valence-corrected chi connectivity index (χ3v) is 3.89. The van der Waals surface area contributed by atoms with Gasteiger partial charge in [-0.1, -0.05) is 12.1 Å². The van der Waals surface area contributed by atoms with Crippen LogP contribution < -0.4 is 0 Å². The zero-order chi connectivity index (χ0) is 11.8. The van der Waals surface area contributed by atoms with Crippen molar-refractivity contribution in [3.8, 4) is 0 Å². The Labute approximate surface area is 102 Å². The van der Waals surface area contributed by atoms with Crippen LogP contribution in [-0.2, 0) is 0 Å². The minimum Gasteiger partial charge on any atom is -0.299 e. The van der Waals surface area contributed by atoms with Gasteiger partial charge in [0.1, 0.15) is 0 Å². The second kappa shape index (κ2) is 4.11. The molecule has 0 N–H and O–H groups in total. The van der Waals surface area contributed by atoms with E-state index in [-0.39, 0.29) is 0 Å². The lowest BCUT2D eigenvalue weighted by molar-refractivity contribution is 0.317. The van der Waals surface area contributed by atoms with Crippen LogP contribution >= 0.6 is 0 Å². The smallest absolute Gasteiger partial charge is 0.0450 e. The molecule has 1 fully saturated rings. The van der Waals surface area contributed by atoms with Gasteiger partial charge >= 0.3 is 0 Å². The molecule has 2 heterocycles. The standard InChI is InChI=1S/C15H18N2/c1-11-14-6-5-13(10-12(14)7-8-16-11)15-4-3-9-17(15)2/h5-8,10,15H,3-4,9H2,1-2H3/t15-/m1/s1. The van der Waals surface area contributed by atoms with Gasteiger partial charge in [0.05, 0.1) is 0 Å². The van der Waals surface area contributed by atoms with Crippen LogP contribution in [0.1, 0.15) is 30.1 Å². The average Bonchev–Trinajstić information content (AvgIpc) is 2.75. The summed E-state index contributed by atoms with van der Waals surface area (Å²) in [4.78, 5) is 6.79. The molecule has 0 aliphatic carbocycles. The minimum absolute atomic E-state index is 0.605. The van der Waals surface area contributed by atoms with Gasteiger partial charge in [-0.2, -0.15) is 0 Å². The Hall–Kier alpha value is -1.41. The summed E-state index contributed by atoms with van der Waals surface area (Å²) < 4.78 is 0. The van der Waals surface area contributed by atoms with Crippen molar-refractivity contribution < 1.29 is 0 Å². The molecule has 0 unspecified atom stereocenters. The maximum Gasteiger partial charge on any atom is 0.0450 e. The summed E-state index contributed by atoms with van der Waals surface area (Å²) in [7, 11) is 2.22. The molecule has 0 saturated carbocycles. The van der Waals surface area contributed by atoms with E-state index in [1.165, 1.54) is 35.7 Å². The Morgan fingerprint density at radius 1 is 1.29 bits per heavy atom. The number of aromatic nitrogens is 1. The summed E-state index contributed by atoms with van der Waals surface area (Å²) in [6.07, 6.45) is 4.50. The highest BCUT2D eigenvalue weighted by Crippen LogP contribution is 2.32. The molecule has 1 aromatic carbocycles. The quantitative estimate of drug-likeness (QED) is 0.741. The topological polar surface area (TPSA) is 16.1 Å². The SMILES string of the molecule is Cc1nccc2cc([C@H]3CCCN3C)ccc12. The molecule has 2 nitrogen and oxygen atoms in total. The molecule has 2 aromatic rings. The van der Waals surface area contributed by atoms with Gasteiger partial charge in [0, 0.05) is 23.3 Å². The number of rotatable bonds is 1. The molecule has 2 heteroatoms. The minimum atomic E-state index is 0.605. The van der Waals surface area contributed by atoms with E-state index in [9.17, 15) is 0 Å². The van der Waals surface area contributed by atoms with Crippen molar-refractivity contribution in [3.63, 3.8) is 0 Å². The first kappa shape index (κ1) is 10.7. The van der Waals surface area contributed by atoms with Crippen LogP contribution in [0.2, 0.25) is 0 Å². The number of pyridine rings is 1. The molecule has 1 aliphatic rings. The molecule has 1 saturated heterocycles. The van der Waals surface area contributed by atoms with Crippen LogP contribution in [-0.4, -0.2) is 23.5 Å². The fraction of sp³-hybridized carbons (Fsp3) is 0.400. The molecule has 17 heavy (non-hydrogen) atoms. The number of hydrogen-bond acceptors (Lipinski definition) is 2. The number of aryl methyl sites for hydroxylation is 1. The lowest BCUT2D eigenvalue weighted by atomic mass is 10.0. The fourth-order valence-corrected chi connectivity index (χ4v) is 2.89. The highest BCUT2D eigenvalue weighted by atomic mass is 15.1. The Morgan fingerprint density at radius 3 is 2.94 bits per heavy atom. The summed E-state index contributed by atoms with van der Waals surface area (Å²) in [5.74, 6) is 0. The van der Waals surface area contributed by atoms with Crippen molar-refractivity contribution >= 4 is 10.8 Å². The highest BCUT2D eigenvalue weighted by molar-refractivity contribution is 5.84. The first-order valence-corrected chi connectivity index (χ1v) is 6.31. The summed E-state index contributed by atoms with van der Waals surface area (Å²) in [6, 6.07) is 9.54. The predicted octanol–water partition coefficient (Wildman–Crippen LogP) is 3.31. The molecular weight excluding hydrogens is 208 g/mol. The molecule has 88 valence electrons.